The summed E-state index contributed by atoms with van der Waals surface area (Å²) in [4.78, 5) is 11.5. The van der Waals surface area contributed by atoms with Gasteiger partial charge in [0, 0.05) is 13.0 Å². The fourth-order valence-corrected chi connectivity index (χ4v) is 1.34. The lowest BCUT2D eigenvalue weighted by Crippen LogP contribution is -2.47. The minimum absolute atomic E-state index is 0.267. The predicted octanol–water partition coefficient (Wildman–Crippen LogP) is 0.973. The van der Waals surface area contributed by atoms with Crippen LogP contribution in [0.15, 0.2) is 0 Å². The molecule has 1 N–H and O–H groups in total. The van der Waals surface area contributed by atoms with Crippen LogP contribution in [0.2, 0.25) is 0 Å². The maximum Gasteiger partial charge on any atom is 0.338 e. The molecule has 0 heterocycles. The Morgan fingerprint density at radius 2 is 2.07 bits per heavy atom. The van der Waals surface area contributed by atoms with Gasteiger partial charge in [0.1, 0.15) is 0 Å². The number of aliphatic hydroxyl groups is 1. The van der Waals surface area contributed by atoms with Crippen LogP contribution in [0.4, 0.5) is 0 Å². The monoisotopic (exact) mass is 204 g/mol. The van der Waals surface area contributed by atoms with Gasteiger partial charge in [-0.1, -0.05) is 13.8 Å². The molecule has 0 aromatic heterocycles. The summed E-state index contributed by atoms with van der Waals surface area (Å²) >= 11 is 0. The molecule has 0 aromatic carbocycles. The summed E-state index contributed by atoms with van der Waals surface area (Å²) in [6, 6.07) is 0. The molecular weight excluding hydrogens is 184 g/mol. The van der Waals surface area contributed by atoms with Gasteiger partial charge in [0.15, 0.2) is 5.60 Å². The van der Waals surface area contributed by atoms with Crippen LogP contribution in [-0.4, -0.2) is 37.0 Å². The Kier molecular flexibility index (Phi) is 5.72. The second-order valence-electron chi connectivity index (χ2n) is 3.35. The molecule has 4 nitrogen and oxygen atoms in total. The molecule has 0 rings (SSSR count). The van der Waals surface area contributed by atoms with Crippen molar-refractivity contribution < 1.29 is 19.4 Å². The zero-order valence-corrected chi connectivity index (χ0v) is 9.37. The topological polar surface area (TPSA) is 55.8 Å². The fourth-order valence-electron chi connectivity index (χ4n) is 1.34. The highest BCUT2D eigenvalue weighted by molar-refractivity contribution is 5.79. The number of rotatable bonds is 6. The summed E-state index contributed by atoms with van der Waals surface area (Å²) in [5.41, 5.74) is -1.42. The van der Waals surface area contributed by atoms with Gasteiger partial charge >= 0.3 is 5.97 Å². The molecule has 2 unspecified atom stereocenters. The zero-order chi connectivity index (χ0) is 11.2. The molecule has 0 radical (unpaired) electrons. The maximum absolute atomic E-state index is 11.5. The molecule has 0 amide bonds. The SMILES string of the molecule is CCOC(=O)C(O)(CC)C(C)COC. The van der Waals surface area contributed by atoms with Crippen molar-refractivity contribution in [1.82, 2.24) is 0 Å². The van der Waals surface area contributed by atoms with Crippen molar-refractivity contribution in [2.75, 3.05) is 20.3 Å². The third-order valence-corrected chi connectivity index (χ3v) is 2.40. The van der Waals surface area contributed by atoms with E-state index in [1.54, 1.807) is 20.8 Å². The summed E-state index contributed by atoms with van der Waals surface area (Å²) < 4.78 is 9.73. The molecule has 0 aliphatic heterocycles. The number of hydrogen-bond acceptors (Lipinski definition) is 4. The van der Waals surface area contributed by atoms with Crippen LogP contribution in [0, 0.1) is 5.92 Å². The standard InChI is InChI=1S/C10H20O4/c1-5-10(12,8(3)7-13-4)9(11)14-6-2/h8,12H,5-7H2,1-4H3. The smallest absolute Gasteiger partial charge is 0.338 e. The minimum atomic E-state index is -1.42. The van der Waals surface area contributed by atoms with E-state index in [9.17, 15) is 9.90 Å². The first kappa shape index (κ1) is 13.4. The highest BCUT2D eigenvalue weighted by Gasteiger charge is 2.41. The Labute approximate surface area is 85.2 Å². The molecule has 0 bridgehead atoms. The van der Waals surface area contributed by atoms with Gasteiger partial charge in [-0.15, -0.1) is 0 Å². The Bertz CT molecular complexity index is 181. The van der Waals surface area contributed by atoms with E-state index in [4.69, 9.17) is 9.47 Å². The lowest BCUT2D eigenvalue weighted by Gasteiger charge is -2.30. The molecule has 0 saturated heterocycles. The van der Waals surface area contributed by atoms with Crippen molar-refractivity contribution in [2.45, 2.75) is 32.8 Å². The minimum Gasteiger partial charge on any atom is -0.464 e. The number of hydrogen-bond donors (Lipinski definition) is 1. The molecule has 2 atom stereocenters. The summed E-state index contributed by atoms with van der Waals surface area (Å²) in [7, 11) is 1.54. The van der Waals surface area contributed by atoms with Gasteiger partial charge in [0.05, 0.1) is 13.2 Å². The van der Waals surface area contributed by atoms with Crippen LogP contribution >= 0.6 is 0 Å². The zero-order valence-electron chi connectivity index (χ0n) is 9.37. The molecule has 0 saturated carbocycles. The largest absolute Gasteiger partial charge is 0.464 e. The fraction of sp³-hybridized carbons (Fsp3) is 0.900. The van der Waals surface area contributed by atoms with Gasteiger partial charge in [0.25, 0.3) is 0 Å². The van der Waals surface area contributed by atoms with Crippen LogP contribution in [0.1, 0.15) is 27.2 Å². The van der Waals surface area contributed by atoms with Crippen molar-refractivity contribution in [3.63, 3.8) is 0 Å². The van der Waals surface area contributed by atoms with Crippen molar-refractivity contribution >= 4 is 5.97 Å². The van der Waals surface area contributed by atoms with Gasteiger partial charge in [-0.05, 0) is 13.3 Å². The molecule has 0 fully saturated rings. The first-order chi connectivity index (χ1) is 6.52. The van der Waals surface area contributed by atoms with Gasteiger partial charge in [-0.2, -0.15) is 0 Å². The summed E-state index contributed by atoms with van der Waals surface area (Å²) in [5.74, 6) is -0.830. The number of methoxy groups -OCH3 is 1. The van der Waals surface area contributed by atoms with Crippen molar-refractivity contribution in [3.05, 3.63) is 0 Å². The Hall–Kier alpha value is -0.610. The number of esters is 1. The van der Waals surface area contributed by atoms with Crippen LogP contribution in [0.5, 0.6) is 0 Å². The van der Waals surface area contributed by atoms with Crippen LogP contribution in [0.25, 0.3) is 0 Å². The quantitative estimate of drug-likeness (QED) is 0.655. The highest BCUT2D eigenvalue weighted by Crippen LogP contribution is 2.23. The van der Waals surface area contributed by atoms with Gasteiger partial charge in [0.2, 0.25) is 0 Å². The van der Waals surface area contributed by atoms with E-state index in [0.29, 0.717) is 13.0 Å². The van der Waals surface area contributed by atoms with E-state index >= 15 is 0 Å². The molecule has 4 heteroatoms. The maximum atomic E-state index is 11.5. The van der Waals surface area contributed by atoms with Crippen LogP contribution in [-0.2, 0) is 14.3 Å². The summed E-state index contributed by atoms with van der Waals surface area (Å²) in [6.07, 6.45) is 0.330. The molecule has 14 heavy (non-hydrogen) atoms. The van der Waals surface area contributed by atoms with Crippen LogP contribution < -0.4 is 0 Å². The van der Waals surface area contributed by atoms with E-state index in [0.717, 1.165) is 0 Å². The van der Waals surface area contributed by atoms with E-state index in [-0.39, 0.29) is 12.5 Å². The lowest BCUT2D eigenvalue weighted by atomic mass is 9.87. The number of carbonyl (C=O) groups is 1. The molecule has 0 spiro atoms. The molecule has 0 aromatic rings. The Morgan fingerprint density at radius 1 is 1.50 bits per heavy atom. The Balaban J connectivity index is 4.51. The molecule has 0 aliphatic rings. The lowest BCUT2D eigenvalue weighted by molar-refractivity contribution is -0.173. The van der Waals surface area contributed by atoms with Gasteiger partial charge in [-0.25, -0.2) is 4.79 Å². The van der Waals surface area contributed by atoms with E-state index in [2.05, 4.69) is 0 Å². The first-order valence-electron chi connectivity index (χ1n) is 4.91. The summed E-state index contributed by atoms with van der Waals surface area (Å²) in [5, 5.41) is 10.1. The number of carbonyl (C=O) groups excluding carboxylic acids is 1. The summed E-state index contributed by atoms with van der Waals surface area (Å²) in [6.45, 7) is 5.85. The third-order valence-electron chi connectivity index (χ3n) is 2.40. The van der Waals surface area contributed by atoms with Crippen molar-refractivity contribution in [2.24, 2.45) is 5.92 Å². The normalized spacial score (nSPS) is 17.2. The van der Waals surface area contributed by atoms with Crippen LogP contribution in [0.3, 0.4) is 0 Å². The average molecular weight is 204 g/mol. The molecule has 0 aliphatic carbocycles. The highest BCUT2D eigenvalue weighted by atomic mass is 16.5. The molecular formula is C10H20O4. The van der Waals surface area contributed by atoms with Gasteiger partial charge < -0.3 is 14.6 Å². The van der Waals surface area contributed by atoms with E-state index in [1.807, 2.05) is 0 Å². The second kappa shape index (κ2) is 5.98. The Morgan fingerprint density at radius 3 is 2.43 bits per heavy atom. The first-order valence-corrected chi connectivity index (χ1v) is 4.91. The van der Waals surface area contributed by atoms with Gasteiger partial charge in [-0.3, -0.25) is 0 Å². The van der Waals surface area contributed by atoms with Crippen molar-refractivity contribution in [1.29, 1.82) is 0 Å². The number of ether oxygens (including phenoxy) is 2. The van der Waals surface area contributed by atoms with Crippen molar-refractivity contribution in [3.8, 4) is 0 Å². The predicted molar refractivity (Wildman–Crippen MR) is 52.9 cm³/mol. The second-order valence-corrected chi connectivity index (χ2v) is 3.35. The third kappa shape index (κ3) is 2.96. The molecule has 84 valence electrons. The van der Waals surface area contributed by atoms with E-state index in [1.165, 1.54) is 7.11 Å². The van der Waals surface area contributed by atoms with E-state index < -0.39 is 11.6 Å². The average Bonchev–Trinajstić information content (AvgIpc) is 2.17.